The Morgan fingerprint density at radius 3 is 2.76 bits per heavy atom. The van der Waals surface area contributed by atoms with Crippen molar-refractivity contribution in [3.63, 3.8) is 0 Å². The molecule has 1 aliphatic rings. The highest BCUT2D eigenvalue weighted by Crippen LogP contribution is 2.20. The van der Waals surface area contributed by atoms with Gasteiger partial charge in [0.05, 0.1) is 17.5 Å². The normalized spacial score (nSPS) is 14.5. The monoisotopic (exact) mass is 285 g/mol. The Kier molecular flexibility index (Phi) is 3.43. The first-order valence-corrected chi connectivity index (χ1v) is 6.80. The van der Waals surface area contributed by atoms with Gasteiger partial charge in [0.2, 0.25) is 0 Å². The van der Waals surface area contributed by atoms with Crippen molar-refractivity contribution in [2.24, 2.45) is 0 Å². The highest BCUT2D eigenvalue weighted by Gasteiger charge is 2.26. The SMILES string of the molecule is O=C(N[C@H](C(=O)O)c1ccccc1)c1cnn2c1CCC2. The third-order valence-corrected chi connectivity index (χ3v) is 3.63. The first kappa shape index (κ1) is 13.4. The smallest absolute Gasteiger partial charge is 0.330 e. The molecule has 1 aromatic carbocycles. The number of aryl methyl sites for hydroxylation is 1. The zero-order valence-corrected chi connectivity index (χ0v) is 11.3. The Bertz CT molecular complexity index is 679. The summed E-state index contributed by atoms with van der Waals surface area (Å²) in [5.41, 5.74) is 1.89. The fourth-order valence-corrected chi connectivity index (χ4v) is 2.60. The average Bonchev–Trinajstić information content (AvgIpc) is 3.07. The fraction of sp³-hybridized carbons (Fsp3) is 0.267. The summed E-state index contributed by atoms with van der Waals surface area (Å²) in [7, 11) is 0. The summed E-state index contributed by atoms with van der Waals surface area (Å²) >= 11 is 0. The molecular weight excluding hydrogens is 270 g/mol. The Morgan fingerprint density at radius 2 is 2.05 bits per heavy atom. The molecule has 0 saturated carbocycles. The van der Waals surface area contributed by atoms with Crippen LogP contribution in [0.2, 0.25) is 0 Å². The van der Waals surface area contributed by atoms with Crippen LogP contribution in [0.4, 0.5) is 0 Å². The van der Waals surface area contributed by atoms with Crippen molar-refractivity contribution in [3.8, 4) is 0 Å². The van der Waals surface area contributed by atoms with Gasteiger partial charge in [0.1, 0.15) is 0 Å². The molecule has 0 bridgehead atoms. The highest BCUT2D eigenvalue weighted by atomic mass is 16.4. The number of benzene rings is 1. The van der Waals surface area contributed by atoms with Gasteiger partial charge in [-0.2, -0.15) is 5.10 Å². The summed E-state index contributed by atoms with van der Waals surface area (Å²) in [4.78, 5) is 23.7. The fourth-order valence-electron chi connectivity index (χ4n) is 2.60. The first-order chi connectivity index (χ1) is 10.2. The van der Waals surface area contributed by atoms with Gasteiger partial charge in [-0.15, -0.1) is 0 Å². The molecule has 0 aliphatic carbocycles. The van der Waals surface area contributed by atoms with Crippen LogP contribution in [0.15, 0.2) is 36.5 Å². The van der Waals surface area contributed by atoms with Crippen LogP contribution >= 0.6 is 0 Å². The first-order valence-electron chi connectivity index (χ1n) is 6.80. The molecule has 6 nitrogen and oxygen atoms in total. The van der Waals surface area contributed by atoms with E-state index >= 15 is 0 Å². The van der Waals surface area contributed by atoms with E-state index in [2.05, 4.69) is 10.4 Å². The van der Waals surface area contributed by atoms with E-state index in [4.69, 9.17) is 0 Å². The van der Waals surface area contributed by atoms with Crippen LogP contribution in [0.1, 0.15) is 34.1 Å². The van der Waals surface area contributed by atoms with Gasteiger partial charge in [-0.05, 0) is 18.4 Å². The number of hydrogen-bond donors (Lipinski definition) is 2. The number of carboxylic acid groups (broad SMARTS) is 1. The number of carbonyl (C=O) groups excluding carboxylic acids is 1. The molecule has 2 heterocycles. The highest BCUT2D eigenvalue weighted by molar-refractivity contribution is 5.97. The maximum absolute atomic E-state index is 12.3. The van der Waals surface area contributed by atoms with Crippen molar-refractivity contribution in [1.82, 2.24) is 15.1 Å². The number of nitrogens with zero attached hydrogens (tertiary/aromatic N) is 2. The molecule has 3 rings (SSSR count). The van der Waals surface area contributed by atoms with E-state index in [1.54, 1.807) is 35.0 Å². The number of carboxylic acids is 1. The molecule has 0 saturated heterocycles. The van der Waals surface area contributed by atoms with E-state index in [0.29, 0.717) is 11.1 Å². The summed E-state index contributed by atoms with van der Waals surface area (Å²) in [6.07, 6.45) is 3.27. The third-order valence-electron chi connectivity index (χ3n) is 3.63. The second kappa shape index (κ2) is 5.40. The number of carbonyl (C=O) groups is 2. The minimum atomic E-state index is -1.08. The molecule has 6 heteroatoms. The lowest BCUT2D eigenvalue weighted by Gasteiger charge is -2.14. The quantitative estimate of drug-likeness (QED) is 0.889. The molecule has 1 amide bonds. The summed E-state index contributed by atoms with van der Waals surface area (Å²) in [6, 6.07) is 7.60. The third kappa shape index (κ3) is 2.52. The van der Waals surface area contributed by atoms with Gasteiger partial charge in [-0.1, -0.05) is 30.3 Å². The molecule has 2 N–H and O–H groups in total. The van der Waals surface area contributed by atoms with Crippen LogP contribution < -0.4 is 5.32 Å². The van der Waals surface area contributed by atoms with Crippen molar-refractivity contribution in [3.05, 3.63) is 53.3 Å². The van der Waals surface area contributed by atoms with Crippen LogP contribution in [0.3, 0.4) is 0 Å². The molecule has 1 atom stereocenters. The summed E-state index contributed by atoms with van der Waals surface area (Å²) in [5, 5.41) is 16.1. The van der Waals surface area contributed by atoms with Gasteiger partial charge in [-0.3, -0.25) is 9.48 Å². The number of rotatable bonds is 4. The van der Waals surface area contributed by atoms with Crippen molar-refractivity contribution in [2.45, 2.75) is 25.4 Å². The molecule has 0 fully saturated rings. The lowest BCUT2D eigenvalue weighted by atomic mass is 10.1. The molecule has 0 spiro atoms. The lowest BCUT2D eigenvalue weighted by molar-refractivity contribution is -0.139. The Balaban J connectivity index is 1.83. The topological polar surface area (TPSA) is 84.2 Å². The predicted octanol–water partition coefficient (Wildman–Crippen LogP) is 1.38. The van der Waals surface area contributed by atoms with E-state index < -0.39 is 17.9 Å². The van der Waals surface area contributed by atoms with Gasteiger partial charge in [0.15, 0.2) is 6.04 Å². The average molecular weight is 285 g/mol. The van der Waals surface area contributed by atoms with Crippen LogP contribution in [0.25, 0.3) is 0 Å². The maximum atomic E-state index is 12.3. The molecule has 108 valence electrons. The van der Waals surface area contributed by atoms with Gasteiger partial charge >= 0.3 is 5.97 Å². The Morgan fingerprint density at radius 1 is 1.29 bits per heavy atom. The minimum Gasteiger partial charge on any atom is -0.479 e. The number of fused-ring (bicyclic) bond motifs is 1. The van der Waals surface area contributed by atoms with Gasteiger partial charge in [0.25, 0.3) is 5.91 Å². The van der Waals surface area contributed by atoms with Gasteiger partial charge in [-0.25, -0.2) is 4.79 Å². The minimum absolute atomic E-state index is 0.394. The van der Waals surface area contributed by atoms with Crippen LogP contribution in [-0.2, 0) is 17.8 Å². The van der Waals surface area contributed by atoms with E-state index in [1.807, 2.05) is 0 Å². The summed E-state index contributed by atoms with van der Waals surface area (Å²) < 4.78 is 1.80. The second-order valence-electron chi connectivity index (χ2n) is 4.99. The van der Waals surface area contributed by atoms with Crippen LogP contribution in [-0.4, -0.2) is 26.8 Å². The standard InChI is InChI=1S/C15H15N3O3/c19-14(11-9-16-18-8-4-7-12(11)18)17-13(15(20)21)10-5-2-1-3-6-10/h1-3,5-6,9,13H,4,7-8H2,(H,17,19)(H,20,21)/t13-/m0/s1. The molecule has 0 radical (unpaired) electrons. The van der Waals surface area contributed by atoms with E-state index in [0.717, 1.165) is 25.1 Å². The molecule has 2 aromatic rings. The van der Waals surface area contributed by atoms with Crippen molar-refractivity contribution < 1.29 is 14.7 Å². The summed E-state index contributed by atoms with van der Waals surface area (Å²) in [6.45, 7) is 0.809. The number of nitrogens with one attached hydrogen (secondary N) is 1. The van der Waals surface area contributed by atoms with Gasteiger partial charge in [0, 0.05) is 6.54 Å². The van der Waals surface area contributed by atoms with Crippen molar-refractivity contribution in [2.75, 3.05) is 0 Å². The van der Waals surface area contributed by atoms with Crippen LogP contribution in [0, 0.1) is 0 Å². The maximum Gasteiger partial charge on any atom is 0.330 e. The molecule has 1 aromatic heterocycles. The van der Waals surface area contributed by atoms with Crippen LogP contribution in [0.5, 0.6) is 0 Å². The predicted molar refractivity (Wildman–Crippen MR) is 74.8 cm³/mol. The largest absolute Gasteiger partial charge is 0.479 e. The Hall–Kier alpha value is -2.63. The number of hydrogen-bond acceptors (Lipinski definition) is 3. The van der Waals surface area contributed by atoms with Crippen molar-refractivity contribution >= 4 is 11.9 Å². The van der Waals surface area contributed by atoms with E-state index in [-0.39, 0.29) is 0 Å². The molecule has 21 heavy (non-hydrogen) atoms. The lowest BCUT2D eigenvalue weighted by Crippen LogP contribution is -2.34. The summed E-state index contributed by atoms with van der Waals surface area (Å²) in [5.74, 6) is -1.48. The molecule has 1 aliphatic heterocycles. The van der Waals surface area contributed by atoms with Crippen molar-refractivity contribution in [1.29, 1.82) is 0 Å². The number of amides is 1. The molecular formula is C15H15N3O3. The second-order valence-corrected chi connectivity index (χ2v) is 4.99. The number of aromatic nitrogens is 2. The zero-order valence-electron chi connectivity index (χ0n) is 11.3. The Labute approximate surface area is 121 Å². The number of aliphatic carboxylic acids is 1. The van der Waals surface area contributed by atoms with E-state index in [9.17, 15) is 14.7 Å². The van der Waals surface area contributed by atoms with Gasteiger partial charge < -0.3 is 10.4 Å². The zero-order chi connectivity index (χ0) is 14.8. The molecule has 0 unspecified atom stereocenters. The van der Waals surface area contributed by atoms with E-state index in [1.165, 1.54) is 6.20 Å².